The van der Waals surface area contributed by atoms with Crippen molar-refractivity contribution in [2.24, 2.45) is 24.3 Å². The van der Waals surface area contributed by atoms with Crippen molar-refractivity contribution < 1.29 is 4.57 Å². The normalized spacial score (nSPS) is 15.2. The molecule has 152 valence electrons. The summed E-state index contributed by atoms with van der Waals surface area (Å²) in [5.41, 5.74) is 5.55. The summed E-state index contributed by atoms with van der Waals surface area (Å²) >= 11 is 0. The van der Waals surface area contributed by atoms with Gasteiger partial charge in [0.05, 0.1) is 14.1 Å². The van der Waals surface area contributed by atoms with Crippen LogP contribution in [0, 0.1) is 0 Å². The highest BCUT2D eigenvalue weighted by molar-refractivity contribution is 5.78. The van der Waals surface area contributed by atoms with E-state index in [1.54, 1.807) is 0 Å². The molecule has 3 aromatic rings. The van der Waals surface area contributed by atoms with E-state index >= 15 is 0 Å². The van der Waals surface area contributed by atoms with Crippen LogP contribution in [0.2, 0.25) is 0 Å². The first-order valence-electron chi connectivity index (χ1n) is 10.2. The van der Waals surface area contributed by atoms with Crippen molar-refractivity contribution in [1.29, 1.82) is 0 Å². The fourth-order valence-corrected chi connectivity index (χ4v) is 3.85. The first-order valence-corrected chi connectivity index (χ1v) is 10.2. The third-order valence-corrected chi connectivity index (χ3v) is 5.61. The van der Waals surface area contributed by atoms with E-state index in [0.29, 0.717) is 0 Å². The van der Waals surface area contributed by atoms with Crippen LogP contribution in [0.25, 0.3) is 11.0 Å². The maximum absolute atomic E-state index is 4.56. The fraction of sp³-hybridized carbons (Fsp3) is 0.409. The Morgan fingerprint density at radius 2 is 1.79 bits per heavy atom. The number of benzene rings is 2. The second-order valence-corrected chi connectivity index (χ2v) is 7.79. The van der Waals surface area contributed by atoms with Gasteiger partial charge >= 0.3 is 5.95 Å². The quantitative estimate of drug-likeness (QED) is 0.548. The van der Waals surface area contributed by atoms with Crippen molar-refractivity contribution in [3.05, 3.63) is 42.5 Å². The van der Waals surface area contributed by atoms with Crippen LogP contribution in [0.5, 0.6) is 0 Å². The van der Waals surface area contributed by atoms with Gasteiger partial charge in [-0.15, -0.1) is 0 Å². The highest BCUT2D eigenvalue weighted by Crippen LogP contribution is 2.25. The maximum atomic E-state index is 4.56. The van der Waals surface area contributed by atoms with Crippen molar-refractivity contribution >= 4 is 34.0 Å². The summed E-state index contributed by atoms with van der Waals surface area (Å²) in [4.78, 5) is 4.53. The van der Waals surface area contributed by atoms with Gasteiger partial charge in [0, 0.05) is 56.3 Å². The van der Waals surface area contributed by atoms with Gasteiger partial charge in [0.15, 0.2) is 0 Å². The molecule has 0 radical (unpaired) electrons. The van der Waals surface area contributed by atoms with Crippen molar-refractivity contribution in [1.82, 2.24) is 9.88 Å². The van der Waals surface area contributed by atoms with Crippen molar-refractivity contribution in [2.45, 2.75) is 6.42 Å². The summed E-state index contributed by atoms with van der Waals surface area (Å²) in [7, 11) is 8.17. The summed E-state index contributed by atoms with van der Waals surface area (Å²) in [6.07, 6.45) is 1.18. The van der Waals surface area contributed by atoms with E-state index in [1.165, 1.54) is 17.8 Å². The third-order valence-electron chi connectivity index (χ3n) is 5.61. The van der Waals surface area contributed by atoms with Crippen LogP contribution in [0.15, 0.2) is 52.7 Å². The first kappa shape index (κ1) is 19.4. The number of hydrogen-bond acceptors (Lipinski definition) is 5. The van der Waals surface area contributed by atoms with Crippen molar-refractivity contribution in [3.8, 4) is 0 Å². The van der Waals surface area contributed by atoms with E-state index in [4.69, 9.17) is 0 Å². The molecule has 29 heavy (non-hydrogen) atoms. The molecule has 7 nitrogen and oxygen atoms in total. The summed E-state index contributed by atoms with van der Waals surface area (Å²) in [6, 6.07) is 14.8. The van der Waals surface area contributed by atoms with Gasteiger partial charge in [-0.05, 0) is 49.4 Å². The van der Waals surface area contributed by atoms with Crippen LogP contribution in [-0.4, -0.2) is 44.8 Å². The van der Waals surface area contributed by atoms with Gasteiger partial charge in [-0.3, -0.25) is 0 Å². The molecule has 7 heteroatoms. The van der Waals surface area contributed by atoms with E-state index < -0.39 is 0 Å². The van der Waals surface area contributed by atoms with E-state index in [1.807, 2.05) is 26.2 Å². The standard InChI is InChI=1S/C22H30N7/c1-26(2)19-10-11-20-21(16-19)28(4)22(27(20)3)25-24-17-6-8-18(9-7-17)29-14-5-12-23-13-15-29/h6-11,16,23H,5,12-15H2,1-4H3/q+1. The number of azo groups is 1. The minimum Gasteiger partial charge on any atom is -0.378 e. The average Bonchev–Trinajstić information content (AvgIpc) is 2.92. The summed E-state index contributed by atoms with van der Waals surface area (Å²) in [6.45, 7) is 4.27. The largest absolute Gasteiger partial charge is 0.422 e. The van der Waals surface area contributed by atoms with Crippen molar-refractivity contribution in [2.75, 3.05) is 50.1 Å². The number of anilines is 2. The Morgan fingerprint density at radius 3 is 2.55 bits per heavy atom. The second-order valence-electron chi connectivity index (χ2n) is 7.79. The van der Waals surface area contributed by atoms with E-state index in [9.17, 15) is 0 Å². The van der Waals surface area contributed by atoms with E-state index in [0.717, 1.165) is 48.8 Å². The Kier molecular flexibility index (Phi) is 5.49. The Bertz CT molecular complexity index is 1010. The highest BCUT2D eigenvalue weighted by Gasteiger charge is 2.20. The first-order chi connectivity index (χ1) is 14.0. The molecular weight excluding hydrogens is 362 g/mol. The van der Waals surface area contributed by atoms with E-state index in [2.05, 4.69) is 78.9 Å². The highest BCUT2D eigenvalue weighted by atomic mass is 15.3. The van der Waals surface area contributed by atoms with E-state index in [-0.39, 0.29) is 0 Å². The predicted molar refractivity (Wildman–Crippen MR) is 119 cm³/mol. The SMILES string of the molecule is CN(C)c1ccc2c(c1)n(C)c(/N=N/c1ccc(N3CCCNCC3)cc1)[n+]2C. The molecule has 0 saturated carbocycles. The molecule has 1 N–H and O–H groups in total. The second kappa shape index (κ2) is 8.21. The van der Waals surface area contributed by atoms with Crippen LogP contribution in [0.1, 0.15) is 6.42 Å². The monoisotopic (exact) mass is 392 g/mol. The lowest BCUT2D eigenvalue weighted by Crippen LogP contribution is -2.27. The van der Waals surface area contributed by atoms with Crippen LogP contribution in [0.4, 0.5) is 23.0 Å². The molecule has 1 saturated heterocycles. The molecular formula is C22H30N7+. The van der Waals surface area contributed by atoms with Gasteiger partial charge in [-0.25, -0.2) is 9.13 Å². The fourth-order valence-electron chi connectivity index (χ4n) is 3.85. The number of fused-ring (bicyclic) bond motifs is 1. The van der Waals surface area contributed by atoms with Crippen LogP contribution in [-0.2, 0) is 14.1 Å². The van der Waals surface area contributed by atoms with Gasteiger partial charge in [-0.2, -0.15) is 0 Å². The number of aryl methyl sites for hydroxylation is 2. The minimum absolute atomic E-state index is 0.818. The number of nitrogens with one attached hydrogen (secondary N) is 1. The topological polar surface area (TPSA) is 52.0 Å². The molecule has 0 aliphatic carbocycles. The molecule has 0 bridgehead atoms. The van der Waals surface area contributed by atoms with Crippen LogP contribution in [0.3, 0.4) is 0 Å². The van der Waals surface area contributed by atoms with Gasteiger partial charge in [0.1, 0.15) is 16.7 Å². The molecule has 0 spiro atoms. The summed E-state index contributed by atoms with van der Waals surface area (Å²) in [5.74, 6) is 0.818. The molecule has 0 amide bonds. The lowest BCUT2D eigenvalue weighted by Gasteiger charge is -2.22. The number of rotatable bonds is 4. The molecule has 1 aromatic heterocycles. The minimum atomic E-state index is 0.818. The number of hydrogen-bond donors (Lipinski definition) is 1. The molecule has 2 heterocycles. The Morgan fingerprint density at radius 1 is 1.00 bits per heavy atom. The average molecular weight is 393 g/mol. The van der Waals surface area contributed by atoms with Gasteiger partial charge in [-0.1, -0.05) is 5.11 Å². The Balaban J connectivity index is 1.58. The number of aromatic nitrogens is 2. The zero-order valence-corrected chi connectivity index (χ0v) is 17.8. The molecule has 1 aliphatic rings. The predicted octanol–water partition coefficient (Wildman–Crippen LogP) is 3.28. The summed E-state index contributed by atoms with van der Waals surface area (Å²) < 4.78 is 4.17. The Labute approximate surface area is 172 Å². The zero-order valence-electron chi connectivity index (χ0n) is 17.8. The lowest BCUT2D eigenvalue weighted by atomic mass is 10.2. The van der Waals surface area contributed by atoms with Gasteiger partial charge < -0.3 is 15.1 Å². The van der Waals surface area contributed by atoms with Crippen LogP contribution < -0.4 is 19.7 Å². The lowest BCUT2D eigenvalue weighted by molar-refractivity contribution is -0.632. The summed E-state index contributed by atoms with van der Waals surface area (Å²) in [5, 5.41) is 12.5. The zero-order chi connectivity index (χ0) is 20.4. The van der Waals surface area contributed by atoms with Gasteiger partial charge in [0.2, 0.25) is 0 Å². The molecule has 4 rings (SSSR count). The molecule has 0 unspecified atom stereocenters. The Hall–Kier alpha value is -2.93. The third kappa shape index (κ3) is 3.96. The van der Waals surface area contributed by atoms with Gasteiger partial charge in [0.25, 0.3) is 0 Å². The van der Waals surface area contributed by atoms with Crippen molar-refractivity contribution in [3.63, 3.8) is 0 Å². The smallest absolute Gasteiger partial charge is 0.378 e. The molecule has 2 aromatic carbocycles. The number of imidazole rings is 1. The number of nitrogens with zero attached hydrogens (tertiary/aromatic N) is 6. The van der Waals surface area contributed by atoms with Crippen LogP contribution >= 0.6 is 0 Å². The molecule has 0 atom stereocenters. The maximum Gasteiger partial charge on any atom is 0.422 e. The molecule has 1 fully saturated rings. The molecule has 1 aliphatic heterocycles.